The normalized spacial score (nSPS) is 15.4. The van der Waals surface area contributed by atoms with Gasteiger partial charge in [-0.3, -0.25) is 14.0 Å². The molecule has 4 aromatic rings. The number of aryl methyl sites for hydroxylation is 2. The first kappa shape index (κ1) is 22.8. The minimum atomic E-state index is -0.158. The van der Waals surface area contributed by atoms with Gasteiger partial charge in [0, 0.05) is 22.7 Å². The van der Waals surface area contributed by atoms with Crippen molar-refractivity contribution in [3.63, 3.8) is 0 Å². The van der Waals surface area contributed by atoms with E-state index >= 15 is 0 Å². The number of hydrogen-bond acceptors (Lipinski definition) is 7. The lowest BCUT2D eigenvalue weighted by atomic mass is 9.89. The third kappa shape index (κ3) is 4.39. The molecule has 10 heteroatoms. The molecular weight excluding hydrogens is 468 g/mol. The number of benzene rings is 1. The second-order valence-electron chi connectivity index (χ2n) is 8.72. The Balaban J connectivity index is 1.31. The largest absolute Gasteiger partial charge is 0.326 e. The number of nitrogens with one attached hydrogen (secondary N) is 2. The van der Waals surface area contributed by atoms with E-state index in [4.69, 9.17) is 0 Å². The van der Waals surface area contributed by atoms with E-state index in [1.165, 1.54) is 28.6 Å². The van der Waals surface area contributed by atoms with Crippen molar-refractivity contribution >= 4 is 62.2 Å². The summed E-state index contributed by atoms with van der Waals surface area (Å²) in [7, 11) is 0. The van der Waals surface area contributed by atoms with Crippen molar-refractivity contribution in [2.24, 2.45) is 5.92 Å². The van der Waals surface area contributed by atoms with Gasteiger partial charge >= 0.3 is 0 Å². The molecule has 2 N–H and O–H groups in total. The molecule has 176 valence electrons. The standard InChI is InChI=1S/C24H26N6O2S2/c1-4-19(31)27-17-10-15(7-6-14(17)3)26-20(32)11-33-24-29-28-22-21-16-8-5-13(2)9-18(16)34-23(21)25-12-30(22)24/h6-7,10,12-13H,4-5,8-9,11H2,1-3H3,(H,26,32)(H,27,31). The summed E-state index contributed by atoms with van der Waals surface area (Å²) >= 11 is 3.09. The topological polar surface area (TPSA) is 101 Å². The van der Waals surface area contributed by atoms with Crippen LogP contribution in [0.5, 0.6) is 0 Å². The number of carbonyl (C=O) groups excluding carboxylic acids is 2. The molecule has 0 bridgehead atoms. The molecule has 0 saturated heterocycles. The molecule has 1 aliphatic carbocycles. The highest BCUT2D eigenvalue weighted by Gasteiger charge is 2.24. The van der Waals surface area contributed by atoms with Crippen LogP contribution >= 0.6 is 23.1 Å². The number of rotatable bonds is 6. The van der Waals surface area contributed by atoms with E-state index in [1.54, 1.807) is 30.7 Å². The Morgan fingerprint density at radius 2 is 2.09 bits per heavy atom. The Hall–Kier alpha value is -2.98. The van der Waals surface area contributed by atoms with Crippen molar-refractivity contribution in [1.29, 1.82) is 0 Å². The molecule has 3 aromatic heterocycles. The molecule has 34 heavy (non-hydrogen) atoms. The minimum absolute atomic E-state index is 0.0649. The minimum Gasteiger partial charge on any atom is -0.326 e. The lowest BCUT2D eigenvalue weighted by Gasteiger charge is -2.17. The first-order valence-corrected chi connectivity index (χ1v) is 13.2. The molecule has 8 nitrogen and oxygen atoms in total. The summed E-state index contributed by atoms with van der Waals surface area (Å²) in [5, 5.41) is 16.3. The van der Waals surface area contributed by atoms with Gasteiger partial charge in [-0.2, -0.15) is 0 Å². The fourth-order valence-electron chi connectivity index (χ4n) is 4.22. The third-order valence-corrected chi connectivity index (χ3v) is 8.23. The maximum atomic E-state index is 12.6. The highest BCUT2D eigenvalue weighted by atomic mass is 32.2. The first-order valence-electron chi connectivity index (χ1n) is 11.4. The maximum Gasteiger partial charge on any atom is 0.234 e. The number of thiophene rings is 1. The van der Waals surface area contributed by atoms with Gasteiger partial charge in [-0.05, 0) is 55.4 Å². The van der Waals surface area contributed by atoms with Crippen LogP contribution in [0.2, 0.25) is 0 Å². The fraction of sp³-hybridized carbons (Fsp3) is 0.375. The molecule has 0 spiro atoms. The second-order valence-corrected chi connectivity index (χ2v) is 10.7. The number of carbonyl (C=O) groups is 2. The summed E-state index contributed by atoms with van der Waals surface area (Å²) in [6.45, 7) is 6.01. The van der Waals surface area contributed by atoms with Gasteiger partial charge in [0.15, 0.2) is 10.8 Å². The van der Waals surface area contributed by atoms with Gasteiger partial charge in [0.25, 0.3) is 0 Å². The Morgan fingerprint density at radius 3 is 2.91 bits per heavy atom. The van der Waals surface area contributed by atoms with Crippen LogP contribution in [0, 0.1) is 12.8 Å². The van der Waals surface area contributed by atoms with Crippen LogP contribution in [0.3, 0.4) is 0 Å². The van der Waals surface area contributed by atoms with Crippen LogP contribution < -0.4 is 10.6 Å². The van der Waals surface area contributed by atoms with Crippen LogP contribution in [0.4, 0.5) is 11.4 Å². The van der Waals surface area contributed by atoms with Gasteiger partial charge in [-0.25, -0.2) is 4.98 Å². The molecule has 0 aliphatic heterocycles. The van der Waals surface area contributed by atoms with E-state index in [0.29, 0.717) is 28.9 Å². The van der Waals surface area contributed by atoms with Crippen LogP contribution in [0.25, 0.3) is 15.9 Å². The zero-order valence-corrected chi connectivity index (χ0v) is 21.0. The van der Waals surface area contributed by atoms with Gasteiger partial charge in [0.1, 0.15) is 11.2 Å². The number of nitrogens with zero attached hydrogens (tertiary/aromatic N) is 4. The number of amides is 2. The number of aromatic nitrogens is 4. The van der Waals surface area contributed by atoms with Crippen LogP contribution in [0.1, 0.15) is 42.7 Å². The molecule has 3 heterocycles. The molecule has 0 fully saturated rings. The molecule has 1 atom stereocenters. The van der Waals surface area contributed by atoms with Crippen molar-refractivity contribution < 1.29 is 9.59 Å². The van der Waals surface area contributed by atoms with Gasteiger partial charge in [-0.1, -0.05) is 31.7 Å². The summed E-state index contributed by atoms with van der Waals surface area (Å²) in [6, 6.07) is 5.48. The average molecular weight is 495 g/mol. The monoisotopic (exact) mass is 494 g/mol. The zero-order valence-electron chi connectivity index (χ0n) is 19.3. The second kappa shape index (κ2) is 9.34. The SMILES string of the molecule is CCC(=O)Nc1cc(NC(=O)CSc2nnc3c4c5c(sc4ncn23)CC(C)CC5)ccc1C. The molecular formula is C24H26N6O2S2. The van der Waals surface area contributed by atoms with Crippen molar-refractivity contribution in [3.05, 3.63) is 40.5 Å². The molecule has 0 saturated carbocycles. The number of fused-ring (bicyclic) bond motifs is 5. The maximum absolute atomic E-state index is 12.6. The molecule has 1 aromatic carbocycles. The molecule has 0 radical (unpaired) electrons. The van der Waals surface area contributed by atoms with E-state index in [2.05, 4.69) is 32.7 Å². The number of anilines is 2. The predicted octanol–water partition coefficient (Wildman–Crippen LogP) is 4.85. The third-order valence-electron chi connectivity index (χ3n) is 6.12. The number of hydrogen-bond donors (Lipinski definition) is 2. The molecule has 5 rings (SSSR count). The van der Waals surface area contributed by atoms with Gasteiger partial charge in [-0.15, -0.1) is 21.5 Å². The van der Waals surface area contributed by atoms with E-state index in [1.807, 2.05) is 23.5 Å². The summed E-state index contributed by atoms with van der Waals surface area (Å²) in [5.41, 5.74) is 4.45. The van der Waals surface area contributed by atoms with Crippen LogP contribution in [0.15, 0.2) is 29.7 Å². The van der Waals surface area contributed by atoms with E-state index in [0.717, 1.165) is 34.3 Å². The summed E-state index contributed by atoms with van der Waals surface area (Å²) in [4.78, 5) is 31.5. The van der Waals surface area contributed by atoms with Crippen molar-refractivity contribution in [2.45, 2.75) is 51.6 Å². The Morgan fingerprint density at radius 1 is 1.24 bits per heavy atom. The average Bonchev–Trinajstić information content (AvgIpc) is 3.39. The molecule has 2 amide bonds. The quantitative estimate of drug-likeness (QED) is 0.372. The summed E-state index contributed by atoms with van der Waals surface area (Å²) in [5.74, 6) is 0.661. The number of thioether (sulfide) groups is 1. The van der Waals surface area contributed by atoms with Crippen molar-refractivity contribution in [2.75, 3.05) is 16.4 Å². The first-order chi connectivity index (χ1) is 16.4. The summed E-state index contributed by atoms with van der Waals surface area (Å²) < 4.78 is 1.88. The lowest BCUT2D eigenvalue weighted by Crippen LogP contribution is -2.15. The fourth-order valence-corrected chi connectivity index (χ4v) is 6.27. The van der Waals surface area contributed by atoms with Crippen molar-refractivity contribution in [1.82, 2.24) is 19.6 Å². The highest BCUT2D eigenvalue weighted by molar-refractivity contribution is 7.99. The Bertz CT molecular complexity index is 1410. The van der Waals surface area contributed by atoms with E-state index < -0.39 is 0 Å². The molecule has 1 aliphatic rings. The Labute approximate surface area is 205 Å². The zero-order chi connectivity index (χ0) is 23.8. The lowest BCUT2D eigenvalue weighted by molar-refractivity contribution is -0.116. The van der Waals surface area contributed by atoms with E-state index in [9.17, 15) is 9.59 Å². The highest BCUT2D eigenvalue weighted by Crippen LogP contribution is 2.39. The van der Waals surface area contributed by atoms with E-state index in [-0.39, 0.29) is 17.6 Å². The van der Waals surface area contributed by atoms with Gasteiger partial charge in [0.2, 0.25) is 11.8 Å². The predicted molar refractivity (Wildman–Crippen MR) is 137 cm³/mol. The van der Waals surface area contributed by atoms with Crippen LogP contribution in [-0.4, -0.2) is 37.1 Å². The van der Waals surface area contributed by atoms with Gasteiger partial charge < -0.3 is 10.6 Å². The Kier molecular flexibility index (Phi) is 6.26. The van der Waals surface area contributed by atoms with Crippen molar-refractivity contribution in [3.8, 4) is 0 Å². The smallest absolute Gasteiger partial charge is 0.234 e. The summed E-state index contributed by atoms with van der Waals surface area (Å²) in [6.07, 6.45) is 5.48. The van der Waals surface area contributed by atoms with Gasteiger partial charge in [0.05, 0.1) is 11.1 Å². The van der Waals surface area contributed by atoms with Crippen LogP contribution in [-0.2, 0) is 22.4 Å². The molecule has 1 unspecified atom stereocenters.